The van der Waals surface area contributed by atoms with Gasteiger partial charge in [0.1, 0.15) is 0 Å². The van der Waals surface area contributed by atoms with Crippen LogP contribution in [0.1, 0.15) is 33.5 Å². The Bertz CT molecular complexity index is 394. The molecule has 1 aliphatic carbocycles. The van der Waals surface area contributed by atoms with Crippen LogP contribution in [-0.4, -0.2) is 5.78 Å². The Balaban J connectivity index is 2.77. The van der Waals surface area contributed by atoms with Gasteiger partial charge >= 0.3 is 0 Å². The summed E-state index contributed by atoms with van der Waals surface area (Å²) in [6.45, 7) is 4.08. The van der Waals surface area contributed by atoms with Gasteiger partial charge in [0.25, 0.3) is 0 Å². The molecule has 0 atom stereocenters. The molecule has 0 N–H and O–H groups in total. The smallest absolute Gasteiger partial charge is 0.163 e. The van der Waals surface area contributed by atoms with Crippen molar-refractivity contribution in [2.75, 3.05) is 0 Å². The van der Waals surface area contributed by atoms with Crippen LogP contribution in [0.25, 0.3) is 0 Å². The number of Topliss-reactive ketones (excluding diaryl/α,β-unsaturated/α-hetero) is 1. The van der Waals surface area contributed by atoms with Crippen LogP contribution < -0.4 is 0 Å². The minimum Gasteiger partial charge on any atom is -0.294 e. The van der Waals surface area contributed by atoms with Crippen LogP contribution in [0.3, 0.4) is 0 Å². The number of hydrogen-bond donors (Lipinski definition) is 0. The number of carbonyl (C=O) groups excluding carboxylic acids is 1. The molecule has 0 aliphatic heterocycles. The zero-order valence-electron chi connectivity index (χ0n) is 7.78. The zero-order valence-corrected chi connectivity index (χ0v) is 9.36. The Morgan fingerprint density at radius 3 is 2.69 bits per heavy atom. The minimum atomic E-state index is 0.303. The van der Waals surface area contributed by atoms with E-state index >= 15 is 0 Å². The summed E-state index contributed by atoms with van der Waals surface area (Å²) in [5.41, 5.74) is 4.52. The molecule has 68 valence electrons. The average Bonchev–Trinajstić information content (AvgIpc) is 2.44. The van der Waals surface area contributed by atoms with Crippen molar-refractivity contribution in [2.45, 2.75) is 26.7 Å². The van der Waals surface area contributed by atoms with Gasteiger partial charge in [-0.3, -0.25) is 4.79 Å². The Morgan fingerprint density at radius 1 is 1.31 bits per heavy atom. The molecule has 0 heterocycles. The van der Waals surface area contributed by atoms with Crippen molar-refractivity contribution in [2.24, 2.45) is 0 Å². The van der Waals surface area contributed by atoms with Crippen molar-refractivity contribution in [1.29, 1.82) is 0 Å². The largest absolute Gasteiger partial charge is 0.294 e. The number of hydrogen-bond acceptors (Lipinski definition) is 1. The van der Waals surface area contributed by atoms with E-state index in [-0.39, 0.29) is 0 Å². The van der Waals surface area contributed by atoms with E-state index in [1.165, 1.54) is 11.1 Å². The lowest BCUT2D eigenvalue weighted by Crippen LogP contribution is -1.98. The van der Waals surface area contributed by atoms with E-state index in [0.29, 0.717) is 12.2 Å². The van der Waals surface area contributed by atoms with Crippen LogP contribution in [-0.2, 0) is 6.42 Å². The predicted molar refractivity (Wildman–Crippen MR) is 56.3 cm³/mol. The Kier molecular flexibility index (Phi) is 2.03. The summed E-state index contributed by atoms with van der Waals surface area (Å²) in [7, 11) is 0. The van der Waals surface area contributed by atoms with Crippen LogP contribution in [0.4, 0.5) is 0 Å². The Labute approximate surface area is 86.3 Å². The van der Waals surface area contributed by atoms with E-state index in [2.05, 4.69) is 22.0 Å². The lowest BCUT2D eigenvalue weighted by molar-refractivity contribution is 0.0994. The van der Waals surface area contributed by atoms with Gasteiger partial charge in [-0.15, -0.1) is 0 Å². The van der Waals surface area contributed by atoms with E-state index in [9.17, 15) is 4.79 Å². The van der Waals surface area contributed by atoms with E-state index < -0.39 is 0 Å². The highest BCUT2D eigenvalue weighted by Gasteiger charge is 2.24. The van der Waals surface area contributed by atoms with Crippen molar-refractivity contribution in [3.05, 3.63) is 32.8 Å². The molecule has 0 aromatic heterocycles. The first-order valence-electron chi connectivity index (χ1n) is 4.43. The van der Waals surface area contributed by atoms with Gasteiger partial charge in [-0.05, 0) is 43.0 Å². The molecule has 2 heteroatoms. The Hall–Kier alpha value is -0.630. The summed E-state index contributed by atoms with van der Waals surface area (Å²) >= 11 is 3.51. The van der Waals surface area contributed by atoms with Crippen molar-refractivity contribution < 1.29 is 4.79 Å². The summed E-state index contributed by atoms with van der Waals surface area (Å²) in [4.78, 5) is 11.6. The molecule has 0 saturated heterocycles. The molecule has 0 saturated carbocycles. The molecule has 0 amide bonds. The third kappa shape index (κ3) is 1.24. The highest BCUT2D eigenvalue weighted by atomic mass is 79.9. The Morgan fingerprint density at radius 2 is 2.00 bits per heavy atom. The summed E-state index contributed by atoms with van der Waals surface area (Å²) in [5.74, 6) is 0.303. The van der Waals surface area contributed by atoms with Crippen molar-refractivity contribution in [3.8, 4) is 0 Å². The topological polar surface area (TPSA) is 17.1 Å². The SMILES string of the molecule is Cc1cc(Br)c2c(c1C)C(=O)CC2. The molecule has 13 heavy (non-hydrogen) atoms. The molecule has 2 rings (SSSR count). The van der Waals surface area contributed by atoms with Gasteiger partial charge in [-0.1, -0.05) is 15.9 Å². The number of ketones is 1. The second-order valence-corrected chi connectivity index (χ2v) is 4.43. The first kappa shape index (κ1) is 8.95. The van der Waals surface area contributed by atoms with Crippen LogP contribution in [0.15, 0.2) is 10.5 Å². The average molecular weight is 239 g/mol. The van der Waals surface area contributed by atoms with Crippen LogP contribution in [0.2, 0.25) is 0 Å². The van der Waals surface area contributed by atoms with Crippen LogP contribution in [0.5, 0.6) is 0 Å². The third-order valence-corrected chi connectivity index (χ3v) is 3.49. The zero-order chi connectivity index (χ0) is 9.59. The number of fused-ring (bicyclic) bond motifs is 1. The normalized spacial score (nSPS) is 14.8. The summed E-state index contributed by atoms with van der Waals surface area (Å²) in [5, 5.41) is 0. The molecule has 0 radical (unpaired) electrons. The standard InChI is InChI=1S/C11H11BrO/c1-6-5-9(12)8-3-4-10(13)11(8)7(6)2/h5H,3-4H2,1-2H3. The van der Waals surface area contributed by atoms with Gasteiger partial charge in [0, 0.05) is 16.5 Å². The van der Waals surface area contributed by atoms with Gasteiger partial charge < -0.3 is 0 Å². The molecule has 1 aromatic rings. The maximum absolute atomic E-state index is 11.6. The van der Waals surface area contributed by atoms with Crippen molar-refractivity contribution >= 4 is 21.7 Å². The molecule has 1 aliphatic rings. The highest BCUT2D eigenvalue weighted by Crippen LogP contribution is 2.33. The molecule has 1 nitrogen and oxygen atoms in total. The van der Waals surface area contributed by atoms with Gasteiger partial charge in [-0.2, -0.15) is 0 Å². The van der Waals surface area contributed by atoms with Gasteiger partial charge in [0.15, 0.2) is 5.78 Å². The van der Waals surface area contributed by atoms with Crippen LogP contribution >= 0.6 is 15.9 Å². The van der Waals surface area contributed by atoms with E-state index in [1.807, 2.05) is 13.8 Å². The van der Waals surface area contributed by atoms with Gasteiger partial charge in [-0.25, -0.2) is 0 Å². The number of benzene rings is 1. The van der Waals surface area contributed by atoms with Crippen LogP contribution in [0, 0.1) is 13.8 Å². The summed E-state index contributed by atoms with van der Waals surface area (Å²) in [6.07, 6.45) is 1.58. The fourth-order valence-corrected chi connectivity index (χ4v) is 2.65. The summed E-state index contributed by atoms with van der Waals surface area (Å²) < 4.78 is 1.09. The second kappa shape index (κ2) is 2.95. The maximum atomic E-state index is 11.6. The molecular formula is C11H11BrO. The molecular weight excluding hydrogens is 228 g/mol. The maximum Gasteiger partial charge on any atom is 0.163 e. The molecule has 0 unspecified atom stereocenters. The minimum absolute atomic E-state index is 0.303. The monoisotopic (exact) mass is 238 g/mol. The quantitative estimate of drug-likeness (QED) is 0.679. The van der Waals surface area contributed by atoms with Gasteiger partial charge in [0.2, 0.25) is 0 Å². The summed E-state index contributed by atoms with van der Waals surface area (Å²) in [6, 6.07) is 2.10. The first-order chi connectivity index (χ1) is 6.11. The second-order valence-electron chi connectivity index (χ2n) is 3.58. The molecule has 0 spiro atoms. The van der Waals surface area contributed by atoms with E-state index in [0.717, 1.165) is 22.0 Å². The van der Waals surface area contributed by atoms with E-state index in [4.69, 9.17) is 0 Å². The molecule has 1 aromatic carbocycles. The fourth-order valence-electron chi connectivity index (χ4n) is 1.91. The number of carbonyl (C=O) groups is 1. The van der Waals surface area contributed by atoms with E-state index in [1.54, 1.807) is 0 Å². The fraction of sp³-hybridized carbons (Fsp3) is 0.364. The van der Waals surface area contributed by atoms with Crippen molar-refractivity contribution in [1.82, 2.24) is 0 Å². The number of halogens is 1. The predicted octanol–water partition coefficient (Wildman–Crippen LogP) is 3.19. The molecule has 0 fully saturated rings. The highest BCUT2D eigenvalue weighted by molar-refractivity contribution is 9.10. The first-order valence-corrected chi connectivity index (χ1v) is 5.22. The van der Waals surface area contributed by atoms with Crippen molar-refractivity contribution in [3.63, 3.8) is 0 Å². The number of aryl methyl sites for hydroxylation is 1. The molecule has 0 bridgehead atoms. The number of rotatable bonds is 0. The third-order valence-electron chi connectivity index (χ3n) is 2.78. The lowest BCUT2D eigenvalue weighted by atomic mass is 9.99. The van der Waals surface area contributed by atoms with Gasteiger partial charge in [0.05, 0.1) is 0 Å². The lowest BCUT2D eigenvalue weighted by Gasteiger charge is -2.08.